The molecule has 0 radical (unpaired) electrons. The normalized spacial score (nSPS) is 15.3. The fourth-order valence-corrected chi connectivity index (χ4v) is 5.42. The fourth-order valence-electron chi connectivity index (χ4n) is 5.42. The molecule has 2 N–H and O–H groups in total. The highest BCUT2D eigenvalue weighted by Crippen LogP contribution is 2.43. The maximum Gasteiger partial charge on any atom is 0.261 e. The number of amides is 1. The first-order chi connectivity index (χ1) is 19.5. The molecule has 4 heterocycles. The van der Waals surface area contributed by atoms with Crippen molar-refractivity contribution < 1.29 is 19.0 Å². The Kier molecular flexibility index (Phi) is 5.85. The van der Waals surface area contributed by atoms with Gasteiger partial charge in [0.25, 0.3) is 5.91 Å². The van der Waals surface area contributed by atoms with E-state index in [4.69, 9.17) is 9.72 Å². The van der Waals surface area contributed by atoms with Crippen LogP contribution in [0.25, 0.3) is 33.7 Å². The van der Waals surface area contributed by atoms with Crippen molar-refractivity contribution >= 4 is 17.1 Å². The average Bonchev–Trinajstić information content (AvgIpc) is 3.61. The number of nitrogens with zero attached hydrogens (tertiary/aromatic N) is 5. The lowest BCUT2D eigenvalue weighted by molar-refractivity contribution is 0.0739. The number of halogens is 1. The van der Waals surface area contributed by atoms with Gasteiger partial charge in [0.05, 0.1) is 24.9 Å². The summed E-state index contributed by atoms with van der Waals surface area (Å²) < 4.78 is 22.6. The van der Waals surface area contributed by atoms with E-state index >= 15 is 4.39 Å². The molecule has 9 nitrogen and oxygen atoms in total. The smallest absolute Gasteiger partial charge is 0.261 e. The van der Waals surface area contributed by atoms with Crippen LogP contribution < -0.4 is 4.74 Å². The lowest BCUT2D eigenvalue weighted by Crippen LogP contribution is -2.32. The van der Waals surface area contributed by atoms with Crippen molar-refractivity contribution in [3.05, 3.63) is 83.1 Å². The van der Waals surface area contributed by atoms with Gasteiger partial charge < -0.3 is 19.7 Å². The molecule has 1 fully saturated rings. The molecule has 1 amide bonds. The number of aryl methyl sites for hydroxylation is 1. The van der Waals surface area contributed by atoms with Crippen molar-refractivity contribution in [3.8, 4) is 28.3 Å². The molecule has 7 rings (SSSR count). The summed E-state index contributed by atoms with van der Waals surface area (Å²) >= 11 is 0. The van der Waals surface area contributed by atoms with Gasteiger partial charge in [-0.1, -0.05) is 18.2 Å². The van der Waals surface area contributed by atoms with Gasteiger partial charge in [0.2, 0.25) is 0 Å². The first-order valence-corrected chi connectivity index (χ1v) is 13.3. The molecule has 2 aliphatic rings. The van der Waals surface area contributed by atoms with E-state index < -0.39 is 11.7 Å². The minimum atomic E-state index is -0.533. The van der Waals surface area contributed by atoms with E-state index in [9.17, 15) is 9.90 Å². The first-order valence-electron chi connectivity index (χ1n) is 13.3. The predicted molar refractivity (Wildman–Crippen MR) is 146 cm³/mol. The number of nitrogens with one attached hydrogen (secondary N) is 1. The zero-order chi connectivity index (χ0) is 27.4. The van der Waals surface area contributed by atoms with Gasteiger partial charge in [-0.05, 0) is 59.2 Å². The molecule has 1 aliphatic carbocycles. The summed E-state index contributed by atoms with van der Waals surface area (Å²) in [6, 6.07) is 10.9. The average molecular weight is 539 g/mol. The SMILES string of the molecule is Cn1cc(-c2nc3c(-c4ccc(CN5CCOc6cc(C7CC7)cc(F)c6C5=O)cc4CO)ccnc3[nH]2)cn1. The number of ether oxygens (including phenoxy) is 1. The number of benzene rings is 2. The number of hydrogen-bond acceptors (Lipinski definition) is 6. The molecule has 0 unspecified atom stereocenters. The van der Waals surface area contributed by atoms with Crippen molar-refractivity contribution in [3.63, 3.8) is 0 Å². The van der Waals surface area contributed by atoms with Gasteiger partial charge >= 0.3 is 0 Å². The van der Waals surface area contributed by atoms with E-state index in [1.165, 1.54) is 6.07 Å². The van der Waals surface area contributed by atoms with Crippen molar-refractivity contribution in [2.45, 2.75) is 31.9 Å². The number of aromatic amines is 1. The Balaban J connectivity index is 1.19. The molecule has 2 aromatic carbocycles. The molecule has 5 aromatic rings. The van der Waals surface area contributed by atoms with Crippen LogP contribution in [-0.2, 0) is 20.2 Å². The van der Waals surface area contributed by atoms with Gasteiger partial charge in [0.15, 0.2) is 5.65 Å². The van der Waals surface area contributed by atoms with Gasteiger partial charge in [0.1, 0.15) is 35.1 Å². The van der Waals surface area contributed by atoms with Crippen molar-refractivity contribution in [2.24, 2.45) is 7.05 Å². The van der Waals surface area contributed by atoms with Gasteiger partial charge in [0, 0.05) is 31.5 Å². The van der Waals surface area contributed by atoms with Gasteiger partial charge in [-0.15, -0.1) is 0 Å². The number of carbonyl (C=O) groups is 1. The van der Waals surface area contributed by atoms with Crippen LogP contribution in [0.5, 0.6) is 5.75 Å². The van der Waals surface area contributed by atoms with Crippen LogP contribution >= 0.6 is 0 Å². The molecular weight excluding hydrogens is 511 g/mol. The number of hydrogen-bond donors (Lipinski definition) is 2. The van der Waals surface area contributed by atoms with Crippen LogP contribution in [0.2, 0.25) is 0 Å². The summed E-state index contributed by atoms with van der Waals surface area (Å²) in [5.74, 6) is 0.417. The number of rotatable bonds is 6. The summed E-state index contributed by atoms with van der Waals surface area (Å²) in [5, 5.41) is 14.5. The van der Waals surface area contributed by atoms with E-state index in [-0.39, 0.29) is 25.3 Å². The summed E-state index contributed by atoms with van der Waals surface area (Å²) in [4.78, 5) is 27.5. The minimum absolute atomic E-state index is 0.0111. The second-order valence-electron chi connectivity index (χ2n) is 10.4. The van der Waals surface area contributed by atoms with E-state index in [2.05, 4.69) is 15.1 Å². The highest BCUT2D eigenvalue weighted by atomic mass is 19.1. The molecule has 202 valence electrons. The van der Waals surface area contributed by atoms with Gasteiger partial charge in [-0.25, -0.2) is 14.4 Å². The van der Waals surface area contributed by atoms with Crippen molar-refractivity contribution in [1.29, 1.82) is 0 Å². The molecule has 3 aromatic heterocycles. The lowest BCUT2D eigenvalue weighted by atomic mass is 9.97. The summed E-state index contributed by atoms with van der Waals surface area (Å²) in [6.45, 7) is 0.672. The molecule has 1 aliphatic heterocycles. The number of aliphatic hydroxyl groups excluding tert-OH is 1. The first kappa shape index (κ1) is 24.5. The Labute approximate surface area is 229 Å². The third-order valence-corrected chi connectivity index (χ3v) is 7.61. The Hall–Kier alpha value is -4.57. The third kappa shape index (κ3) is 4.30. The zero-order valence-corrected chi connectivity index (χ0v) is 21.9. The number of fused-ring (bicyclic) bond motifs is 2. The molecule has 40 heavy (non-hydrogen) atoms. The third-order valence-electron chi connectivity index (χ3n) is 7.61. The van der Waals surface area contributed by atoms with E-state index in [0.717, 1.165) is 40.7 Å². The predicted octanol–water partition coefficient (Wildman–Crippen LogP) is 4.57. The number of pyridine rings is 1. The van der Waals surface area contributed by atoms with Crippen LogP contribution in [0.1, 0.15) is 45.8 Å². The van der Waals surface area contributed by atoms with Crippen LogP contribution in [0.3, 0.4) is 0 Å². The Morgan fingerprint density at radius 1 is 1.18 bits per heavy atom. The van der Waals surface area contributed by atoms with Crippen molar-refractivity contribution in [2.75, 3.05) is 13.2 Å². The number of aliphatic hydroxyl groups is 1. The molecule has 0 spiro atoms. The second kappa shape index (κ2) is 9.56. The second-order valence-corrected chi connectivity index (χ2v) is 10.4. The Morgan fingerprint density at radius 3 is 2.83 bits per heavy atom. The monoisotopic (exact) mass is 538 g/mol. The fraction of sp³-hybridized carbons (Fsp3) is 0.267. The summed E-state index contributed by atoms with van der Waals surface area (Å²) in [5.41, 5.74) is 6.20. The van der Waals surface area contributed by atoms with Crippen molar-refractivity contribution in [1.82, 2.24) is 29.6 Å². The quantitative estimate of drug-likeness (QED) is 0.328. The Morgan fingerprint density at radius 2 is 2.05 bits per heavy atom. The standard InChI is InChI=1S/C30H27FN6O3/c1-36-15-21(13-33-36)28-34-27-23(6-7-32-29(27)35-28)22-5-2-17(10-20(22)16-38)14-37-8-9-40-25-12-19(18-3-4-18)11-24(31)26(25)30(37)39/h2,5-7,10-13,15,18,38H,3-4,8-9,14,16H2,1H3,(H,32,34,35). The van der Waals surface area contributed by atoms with E-state index in [0.29, 0.717) is 40.8 Å². The van der Waals surface area contributed by atoms with Gasteiger partial charge in [-0.2, -0.15) is 5.10 Å². The number of aromatic nitrogens is 5. The largest absolute Gasteiger partial charge is 0.491 e. The molecule has 10 heteroatoms. The van der Waals surface area contributed by atoms with Gasteiger partial charge in [-0.3, -0.25) is 9.48 Å². The van der Waals surface area contributed by atoms with E-state index in [1.54, 1.807) is 22.0 Å². The minimum Gasteiger partial charge on any atom is -0.491 e. The molecule has 0 saturated heterocycles. The summed E-state index contributed by atoms with van der Waals surface area (Å²) in [6.07, 6.45) is 7.39. The maximum atomic E-state index is 15.1. The van der Waals surface area contributed by atoms with Crippen LogP contribution in [0, 0.1) is 5.82 Å². The Bertz CT molecular complexity index is 1770. The number of imidazole rings is 1. The number of carbonyl (C=O) groups excluding carboxylic acids is 1. The van der Waals surface area contributed by atoms with Crippen LogP contribution in [0.4, 0.5) is 4.39 Å². The van der Waals surface area contributed by atoms with Crippen LogP contribution in [0.15, 0.2) is 55.0 Å². The molecular formula is C30H27FN6O3. The topological polar surface area (TPSA) is 109 Å². The number of H-pyrrole nitrogens is 1. The molecule has 0 atom stereocenters. The van der Waals surface area contributed by atoms with E-state index in [1.807, 2.05) is 43.6 Å². The highest BCUT2D eigenvalue weighted by molar-refractivity contribution is 5.98. The lowest BCUT2D eigenvalue weighted by Gasteiger charge is -2.21. The van der Waals surface area contributed by atoms with Crippen LogP contribution in [-0.4, -0.2) is 53.8 Å². The summed E-state index contributed by atoms with van der Waals surface area (Å²) in [7, 11) is 1.84. The maximum absolute atomic E-state index is 15.1. The highest BCUT2D eigenvalue weighted by Gasteiger charge is 2.31. The molecule has 0 bridgehead atoms. The zero-order valence-electron chi connectivity index (χ0n) is 21.9. The molecule has 1 saturated carbocycles.